The number of rotatable bonds is 4. The van der Waals surface area contributed by atoms with Crippen molar-refractivity contribution >= 4 is 0 Å². The monoisotopic (exact) mass is 270 g/mol. The summed E-state index contributed by atoms with van der Waals surface area (Å²) in [5.74, 6) is 1.58. The molecular weight excluding hydrogens is 248 g/mol. The van der Waals surface area contributed by atoms with E-state index in [9.17, 15) is 0 Å². The molecule has 0 aliphatic carbocycles. The van der Waals surface area contributed by atoms with Gasteiger partial charge in [0.05, 0.1) is 0 Å². The van der Waals surface area contributed by atoms with Gasteiger partial charge in [-0.1, -0.05) is 12.1 Å². The lowest BCUT2D eigenvalue weighted by Crippen LogP contribution is -2.04. The molecule has 0 aliphatic rings. The molecule has 1 aromatic heterocycles. The van der Waals surface area contributed by atoms with E-state index in [0.29, 0.717) is 12.4 Å². The molecule has 0 radical (unpaired) electrons. The number of aromatic nitrogens is 1. The van der Waals surface area contributed by atoms with E-state index in [1.54, 1.807) is 0 Å². The van der Waals surface area contributed by atoms with Crippen LogP contribution < -0.4 is 10.5 Å². The molecule has 0 unspecified atom stereocenters. The number of nitrogens with two attached hydrogens (primary N) is 1. The van der Waals surface area contributed by atoms with E-state index in [1.165, 1.54) is 5.56 Å². The SMILES string of the molecule is Cc1cc(CCN)cnc1Oc1c(C)ccc(C)c1C. The van der Waals surface area contributed by atoms with E-state index in [0.717, 1.165) is 34.4 Å². The van der Waals surface area contributed by atoms with Gasteiger partial charge < -0.3 is 10.5 Å². The molecule has 0 saturated heterocycles. The molecule has 20 heavy (non-hydrogen) atoms. The Morgan fingerprint density at radius 3 is 2.40 bits per heavy atom. The fourth-order valence-electron chi connectivity index (χ4n) is 2.21. The van der Waals surface area contributed by atoms with Crippen LogP contribution in [0.1, 0.15) is 27.8 Å². The predicted molar refractivity (Wildman–Crippen MR) is 82.5 cm³/mol. The van der Waals surface area contributed by atoms with E-state index in [2.05, 4.69) is 44.0 Å². The van der Waals surface area contributed by atoms with Gasteiger partial charge in [0.1, 0.15) is 5.75 Å². The van der Waals surface area contributed by atoms with Crippen molar-refractivity contribution in [3.8, 4) is 11.6 Å². The van der Waals surface area contributed by atoms with Crippen molar-refractivity contribution in [2.24, 2.45) is 5.73 Å². The summed E-state index contributed by atoms with van der Waals surface area (Å²) in [6, 6.07) is 6.29. The molecule has 0 atom stereocenters. The molecule has 3 heteroatoms. The summed E-state index contributed by atoms with van der Waals surface area (Å²) in [5.41, 5.74) is 11.3. The Morgan fingerprint density at radius 1 is 1.05 bits per heavy atom. The number of nitrogens with zero attached hydrogens (tertiary/aromatic N) is 1. The average Bonchev–Trinajstić information content (AvgIpc) is 2.42. The average molecular weight is 270 g/mol. The Kier molecular flexibility index (Phi) is 4.40. The zero-order chi connectivity index (χ0) is 14.7. The maximum atomic E-state index is 6.04. The van der Waals surface area contributed by atoms with Gasteiger partial charge in [0.2, 0.25) is 5.88 Å². The van der Waals surface area contributed by atoms with Gasteiger partial charge in [0.25, 0.3) is 0 Å². The lowest BCUT2D eigenvalue weighted by atomic mass is 10.1. The summed E-state index contributed by atoms with van der Waals surface area (Å²) < 4.78 is 6.04. The third-order valence-corrected chi connectivity index (χ3v) is 3.59. The molecule has 0 bridgehead atoms. The summed E-state index contributed by atoms with van der Waals surface area (Å²) in [7, 11) is 0. The number of hydrogen-bond acceptors (Lipinski definition) is 3. The van der Waals surface area contributed by atoms with Crippen LogP contribution >= 0.6 is 0 Å². The maximum absolute atomic E-state index is 6.04. The first kappa shape index (κ1) is 14.5. The normalized spacial score (nSPS) is 10.7. The Balaban J connectivity index is 2.33. The first-order valence-corrected chi connectivity index (χ1v) is 6.93. The molecular formula is C17H22N2O. The minimum atomic E-state index is 0.636. The van der Waals surface area contributed by atoms with Crippen LogP contribution in [0, 0.1) is 27.7 Å². The van der Waals surface area contributed by atoms with Crippen molar-refractivity contribution in [3.05, 3.63) is 52.2 Å². The van der Waals surface area contributed by atoms with E-state index in [4.69, 9.17) is 10.5 Å². The molecule has 0 fully saturated rings. The molecule has 1 heterocycles. The van der Waals surface area contributed by atoms with Gasteiger partial charge >= 0.3 is 0 Å². The summed E-state index contributed by atoms with van der Waals surface area (Å²) in [4.78, 5) is 4.43. The first-order valence-electron chi connectivity index (χ1n) is 6.93. The van der Waals surface area contributed by atoms with Crippen LogP contribution in [0.2, 0.25) is 0 Å². The molecule has 2 N–H and O–H groups in total. The molecule has 1 aromatic carbocycles. The molecule has 0 amide bonds. The Morgan fingerprint density at radius 2 is 1.75 bits per heavy atom. The highest BCUT2D eigenvalue weighted by molar-refractivity contribution is 5.47. The molecule has 106 valence electrons. The van der Waals surface area contributed by atoms with Crippen LogP contribution in [0.25, 0.3) is 0 Å². The van der Waals surface area contributed by atoms with Crippen molar-refractivity contribution in [3.63, 3.8) is 0 Å². The van der Waals surface area contributed by atoms with E-state index >= 15 is 0 Å². The highest BCUT2D eigenvalue weighted by atomic mass is 16.5. The van der Waals surface area contributed by atoms with Crippen LogP contribution in [0.5, 0.6) is 11.6 Å². The second-order valence-electron chi connectivity index (χ2n) is 5.26. The molecule has 3 nitrogen and oxygen atoms in total. The van der Waals surface area contributed by atoms with Gasteiger partial charge in [-0.2, -0.15) is 0 Å². The zero-order valence-corrected chi connectivity index (χ0v) is 12.7. The number of aryl methyl sites for hydroxylation is 3. The van der Waals surface area contributed by atoms with Crippen LogP contribution in [-0.2, 0) is 6.42 Å². The van der Waals surface area contributed by atoms with Crippen LogP contribution in [0.4, 0.5) is 0 Å². The number of hydrogen-bond donors (Lipinski definition) is 1. The number of ether oxygens (including phenoxy) is 1. The third kappa shape index (κ3) is 2.99. The molecule has 0 spiro atoms. The van der Waals surface area contributed by atoms with Crippen LogP contribution in [0.15, 0.2) is 24.4 Å². The fourth-order valence-corrected chi connectivity index (χ4v) is 2.21. The smallest absolute Gasteiger partial charge is 0.222 e. The van der Waals surface area contributed by atoms with Crippen molar-refractivity contribution in [1.82, 2.24) is 4.98 Å². The van der Waals surface area contributed by atoms with E-state index in [-0.39, 0.29) is 0 Å². The van der Waals surface area contributed by atoms with Gasteiger partial charge in [-0.15, -0.1) is 0 Å². The van der Waals surface area contributed by atoms with E-state index < -0.39 is 0 Å². The second-order valence-corrected chi connectivity index (χ2v) is 5.26. The fraction of sp³-hybridized carbons (Fsp3) is 0.353. The van der Waals surface area contributed by atoms with Gasteiger partial charge in [0.15, 0.2) is 0 Å². The minimum Gasteiger partial charge on any atom is -0.438 e. The largest absolute Gasteiger partial charge is 0.438 e. The van der Waals surface area contributed by atoms with Crippen molar-refractivity contribution in [2.75, 3.05) is 6.54 Å². The van der Waals surface area contributed by atoms with Gasteiger partial charge in [-0.3, -0.25) is 0 Å². The molecule has 0 saturated carbocycles. The Labute approximate surface area is 120 Å². The highest BCUT2D eigenvalue weighted by Gasteiger charge is 2.10. The topological polar surface area (TPSA) is 48.1 Å². The minimum absolute atomic E-state index is 0.636. The van der Waals surface area contributed by atoms with Gasteiger partial charge in [-0.25, -0.2) is 4.98 Å². The number of pyridine rings is 1. The van der Waals surface area contributed by atoms with Gasteiger partial charge in [0, 0.05) is 11.8 Å². The van der Waals surface area contributed by atoms with Crippen molar-refractivity contribution in [2.45, 2.75) is 34.1 Å². The second kappa shape index (κ2) is 6.06. The van der Waals surface area contributed by atoms with Gasteiger partial charge in [-0.05, 0) is 69.0 Å². The summed E-state index contributed by atoms with van der Waals surface area (Å²) >= 11 is 0. The maximum Gasteiger partial charge on any atom is 0.222 e. The lowest BCUT2D eigenvalue weighted by molar-refractivity contribution is 0.451. The third-order valence-electron chi connectivity index (χ3n) is 3.59. The highest BCUT2D eigenvalue weighted by Crippen LogP contribution is 2.31. The quantitative estimate of drug-likeness (QED) is 0.923. The van der Waals surface area contributed by atoms with Crippen molar-refractivity contribution in [1.29, 1.82) is 0 Å². The summed E-state index contributed by atoms with van der Waals surface area (Å²) in [6.07, 6.45) is 2.69. The van der Waals surface area contributed by atoms with Crippen LogP contribution in [-0.4, -0.2) is 11.5 Å². The molecule has 2 aromatic rings. The van der Waals surface area contributed by atoms with Crippen LogP contribution in [0.3, 0.4) is 0 Å². The predicted octanol–water partition coefficient (Wildman–Crippen LogP) is 3.61. The number of benzene rings is 1. The van der Waals surface area contributed by atoms with E-state index in [1.807, 2.05) is 13.1 Å². The standard InChI is InChI=1S/C17H22N2O/c1-11-5-6-12(2)16(14(11)4)20-17-13(3)9-15(7-8-18)10-19-17/h5-6,9-10H,7-8,18H2,1-4H3. The summed E-state index contributed by atoms with van der Waals surface area (Å²) in [5, 5.41) is 0. The lowest BCUT2D eigenvalue weighted by Gasteiger charge is -2.14. The Hall–Kier alpha value is -1.87. The molecule has 2 rings (SSSR count). The zero-order valence-electron chi connectivity index (χ0n) is 12.7. The molecule has 0 aliphatic heterocycles. The van der Waals surface area contributed by atoms with Crippen molar-refractivity contribution < 1.29 is 4.74 Å². The first-order chi connectivity index (χ1) is 9.52. The Bertz CT molecular complexity index is 621. The summed E-state index contributed by atoms with van der Waals surface area (Å²) in [6.45, 7) is 8.88.